The predicted molar refractivity (Wildman–Crippen MR) is 50.5 cm³/mol. The molecule has 62 valence electrons. The molecule has 11 heavy (non-hydrogen) atoms. The lowest BCUT2D eigenvalue weighted by Crippen LogP contribution is -2.23. The summed E-state index contributed by atoms with van der Waals surface area (Å²) in [5, 5.41) is 0. The molecule has 0 amide bonds. The minimum absolute atomic E-state index is 0.810. The Bertz CT molecular complexity index is 194. The Balaban J connectivity index is 2.68. The summed E-state index contributed by atoms with van der Waals surface area (Å²) in [5.74, 6) is 1.65. The number of allylic oxidation sites excluding steroid dienone is 4. The quantitative estimate of drug-likeness (QED) is 0.536. The SMILES string of the molecule is C/C=C1/CC(C(C)C)/C1=C/C. The molecule has 1 atom stereocenters. The third kappa shape index (κ3) is 1.40. The number of hydrogen-bond acceptors (Lipinski definition) is 0. The van der Waals surface area contributed by atoms with Crippen molar-refractivity contribution in [1.29, 1.82) is 0 Å². The van der Waals surface area contributed by atoms with Crippen molar-refractivity contribution >= 4 is 0 Å². The standard InChI is InChI=1S/C11H18/c1-5-9-7-11(8(3)4)10(9)6-2/h5-6,8,11H,7H2,1-4H3/b9-5-,10-6+. The van der Waals surface area contributed by atoms with Crippen LogP contribution in [0.5, 0.6) is 0 Å². The van der Waals surface area contributed by atoms with Gasteiger partial charge in [-0.25, -0.2) is 0 Å². The molecule has 0 aromatic rings. The van der Waals surface area contributed by atoms with Gasteiger partial charge < -0.3 is 0 Å². The molecule has 0 bridgehead atoms. The third-order valence-electron chi connectivity index (χ3n) is 2.67. The fourth-order valence-corrected chi connectivity index (χ4v) is 1.85. The molecule has 0 aliphatic heterocycles. The van der Waals surface area contributed by atoms with Crippen LogP contribution in [0.4, 0.5) is 0 Å². The normalized spacial score (nSPS) is 31.5. The lowest BCUT2D eigenvalue weighted by atomic mass is 9.69. The van der Waals surface area contributed by atoms with Crippen molar-refractivity contribution < 1.29 is 0 Å². The predicted octanol–water partition coefficient (Wildman–Crippen LogP) is 3.55. The Morgan fingerprint density at radius 3 is 2.27 bits per heavy atom. The summed E-state index contributed by atoms with van der Waals surface area (Å²) < 4.78 is 0. The first-order chi connectivity index (χ1) is 5.20. The summed E-state index contributed by atoms with van der Waals surface area (Å²) in [6, 6.07) is 0. The lowest BCUT2D eigenvalue weighted by molar-refractivity contribution is 0.393. The van der Waals surface area contributed by atoms with Crippen LogP contribution in [0.1, 0.15) is 34.1 Å². The Kier molecular flexibility index (Phi) is 2.53. The van der Waals surface area contributed by atoms with Gasteiger partial charge in [-0.05, 0) is 43.3 Å². The monoisotopic (exact) mass is 150 g/mol. The number of hydrogen-bond donors (Lipinski definition) is 0. The van der Waals surface area contributed by atoms with E-state index in [1.54, 1.807) is 11.1 Å². The number of rotatable bonds is 1. The van der Waals surface area contributed by atoms with E-state index in [2.05, 4.69) is 39.8 Å². The summed E-state index contributed by atoms with van der Waals surface area (Å²) in [6.45, 7) is 8.89. The second-order valence-electron chi connectivity index (χ2n) is 3.61. The van der Waals surface area contributed by atoms with Crippen LogP contribution in [0.25, 0.3) is 0 Å². The van der Waals surface area contributed by atoms with E-state index in [1.807, 2.05) is 0 Å². The van der Waals surface area contributed by atoms with Crippen LogP contribution in [0.3, 0.4) is 0 Å². The summed E-state index contributed by atoms with van der Waals surface area (Å²) >= 11 is 0. The molecule has 0 nitrogen and oxygen atoms in total. The van der Waals surface area contributed by atoms with Gasteiger partial charge in [-0.3, -0.25) is 0 Å². The first-order valence-corrected chi connectivity index (χ1v) is 4.52. The van der Waals surface area contributed by atoms with Crippen LogP contribution >= 0.6 is 0 Å². The molecule has 0 aromatic heterocycles. The largest absolute Gasteiger partial charge is 0.0841 e. The molecule has 1 fully saturated rings. The van der Waals surface area contributed by atoms with Crippen molar-refractivity contribution in [3.63, 3.8) is 0 Å². The Hall–Kier alpha value is -0.520. The minimum atomic E-state index is 0.810. The van der Waals surface area contributed by atoms with Crippen molar-refractivity contribution in [3.8, 4) is 0 Å². The maximum absolute atomic E-state index is 2.31. The van der Waals surface area contributed by atoms with Crippen LogP contribution in [0.15, 0.2) is 23.3 Å². The maximum atomic E-state index is 2.31. The summed E-state index contributed by atoms with van der Waals surface area (Å²) in [7, 11) is 0. The van der Waals surface area contributed by atoms with Crippen LogP contribution in [-0.2, 0) is 0 Å². The molecule has 1 saturated carbocycles. The van der Waals surface area contributed by atoms with E-state index in [1.165, 1.54) is 6.42 Å². The second kappa shape index (κ2) is 3.25. The first kappa shape index (κ1) is 8.58. The van der Waals surface area contributed by atoms with Crippen molar-refractivity contribution in [2.24, 2.45) is 11.8 Å². The van der Waals surface area contributed by atoms with Gasteiger partial charge in [0.1, 0.15) is 0 Å². The molecule has 1 unspecified atom stereocenters. The van der Waals surface area contributed by atoms with Gasteiger partial charge in [0.2, 0.25) is 0 Å². The van der Waals surface area contributed by atoms with Crippen LogP contribution < -0.4 is 0 Å². The van der Waals surface area contributed by atoms with Gasteiger partial charge in [-0.1, -0.05) is 26.0 Å². The zero-order valence-corrected chi connectivity index (χ0v) is 8.02. The smallest absolute Gasteiger partial charge is 0.00991 e. The van der Waals surface area contributed by atoms with E-state index >= 15 is 0 Å². The highest BCUT2D eigenvalue weighted by atomic mass is 14.3. The summed E-state index contributed by atoms with van der Waals surface area (Å²) in [5.41, 5.74) is 3.15. The lowest BCUT2D eigenvalue weighted by Gasteiger charge is -2.36. The van der Waals surface area contributed by atoms with Gasteiger partial charge >= 0.3 is 0 Å². The van der Waals surface area contributed by atoms with Gasteiger partial charge in [0.25, 0.3) is 0 Å². The molecule has 0 N–H and O–H groups in total. The van der Waals surface area contributed by atoms with Gasteiger partial charge in [-0.2, -0.15) is 0 Å². The summed E-state index contributed by atoms with van der Waals surface area (Å²) in [6.07, 6.45) is 5.81. The fraction of sp³-hybridized carbons (Fsp3) is 0.636. The maximum Gasteiger partial charge on any atom is -0.00991 e. The third-order valence-corrected chi connectivity index (χ3v) is 2.67. The molecule has 0 spiro atoms. The fourth-order valence-electron chi connectivity index (χ4n) is 1.85. The Labute approximate surface area is 70.0 Å². The van der Waals surface area contributed by atoms with E-state index < -0.39 is 0 Å². The van der Waals surface area contributed by atoms with Crippen LogP contribution in [0.2, 0.25) is 0 Å². The zero-order valence-electron chi connectivity index (χ0n) is 8.02. The van der Waals surface area contributed by atoms with E-state index in [0.29, 0.717) is 0 Å². The highest BCUT2D eigenvalue weighted by Gasteiger charge is 2.30. The first-order valence-electron chi connectivity index (χ1n) is 4.52. The van der Waals surface area contributed by atoms with Gasteiger partial charge in [0.05, 0.1) is 0 Å². The van der Waals surface area contributed by atoms with Gasteiger partial charge in [0, 0.05) is 0 Å². The zero-order chi connectivity index (χ0) is 8.43. The van der Waals surface area contributed by atoms with E-state index in [0.717, 1.165) is 11.8 Å². The average Bonchev–Trinajstić information content (AvgIpc) is 1.86. The molecule has 0 aromatic carbocycles. The molecule has 0 radical (unpaired) electrons. The molecule has 1 aliphatic rings. The van der Waals surface area contributed by atoms with Gasteiger partial charge in [0.15, 0.2) is 0 Å². The molecule has 0 saturated heterocycles. The molecular weight excluding hydrogens is 132 g/mol. The van der Waals surface area contributed by atoms with E-state index in [9.17, 15) is 0 Å². The van der Waals surface area contributed by atoms with E-state index in [4.69, 9.17) is 0 Å². The second-order valence-corrected chi connectivity index (χ2v) is 3.61. The molecular formula is C11H18. The Morgan fingerprint density at radius 1 is 1.27 bits per heavy atom. The summed E-state index contributed by atoms with van der Waals surface area (Å²) in [4.78, 5) is 0. The topological polar surface area (TPSA) is 0 Å². The minimum Gasteiger partial charge on any atom is -0.0841 e. The van der Waals surface area contributed by atoms with E-state index in [-0.39, 0.29) is 0 Å². The molecule has 0 heterocycles. The Morgan fingerprint density at radius 2 is 1.91 bits per heavy atom. The highest BCUT2D eigenvalue weighted by Crippen LogP contribution is 2.43. The van der Waals surface area contributed by atoms with Crippen LogP contribution in [-0.4, -0.2) is 0 Å². The van der Waals surface area contributed by atoms with Crippen molar-refractivity contribution in [3.05, 3.63) is 23.3 Å². The van der Waals surface area contributed by atoms with Crippen LogP contribution in [0, 0.1) is 11.8 Å². The average molecular weight is 150 g/mol. The molecule has 0 heteroatoms. The van der Waals surface area contributed by atoms with Crippen molar-refractivity contribution in [1.82, 2.24) is 0 Å². The highest BCUT2D eigenvalue weighted by molar-refractivity contribution is 5.42. The molecule has 1 aliphatic carbocycles. The van der Waals surface area contributed by atoms with Crippen molar-refractivity contribution in [2.45, 2.75) is 34.1 Å². The van der Waals surface area contributed by atoms with Gasteiger partial charge in [-0.15, -0.1) is 0 Å². The van der Waals surface area contributed by atoms with Crippen molar-refractivity contribution in [2.75, 3.05) is 0 Å². The molecule has 1 rings (SSSR count).